The smallest absolute Gasteiger partial charge is 0.0727 e. The number of aryl methyl sites for hydroxylation is 2. The van der Waals surface area contributed by atoms with Crippen LogP contribution in [0.2, 0.25) is 0 Å². The number of hydrazine groups is 1. The van der Waals surface area contributed by atoms with Gasteiger partial charge in [0.1, 0.15) is 0 Å². The highest BCUT2D eigenvalue weighted by Crippen LogP contribution is 2.23. The van der Waals surface area contributed by atoms with Gasteiger partial charge in [-0.05, 0) is 41.7 Å². The Labute approximate surface area is 108 Å². The molecule has 94 valence electrons. The number of hydrogen-bond donors (Lipinski definition) is 2. The average molecular weight is 241 g/mol. The molecule has 0 radical (unpaired) electrons. The van der Waals surface area contributed by atoms with Crippen molar-refractivity contribution in [2.75, 3.05) is 0 Å². The van der Waals surface area contributed by atoms with Crippen molar-refractivity contribution in [3.05, 3.63) is 65.0 Å². The van der Waals surface area contributed by atoms with E-state index in [1.807, 2.05) is 12.3 Å². The number of benzene rings is 1. The first-order valence-corrected chi connectivity index (χ1v) is 6.21. The highest BCUT2D eigenvalue weighted by atomic mass is 15.2. The molecule has 1 aromatic heterocycles. The topological polar surface area (TPSA) is 50.9 Å². The molecule has 1 heterocycles. The van der Waals surface area contributed by atoms with Crippen LogP contribution in [0.15, 0.2) is 42.7 Å². The van der Waals surface area contributed by atoms with Crippen LogP contribution in [-0.4, -0.2) is 4.98 Å². The van der Waals surface area contributed by atoms with E-state index in [4.69, 9.17) is 5.84 Å². The van der Waals surface area contributed by atoms with Crippen LogP contribution < -0.4 is 11.3 Å². The zero-order valence-electron chi connectivity index (χ0n) is 10.9. The van der Waals surface area contributed by atoms with Gasteiger partial charge in [0.2, 0.25) is 0 Å². The minimum Gasteiger partial charge on any atom is -0.271 e. The van der Waals surface area contributed by atoms with Crippen LogP contribution >= 0.6 is 0 Å². The van der Waals surface area contributed by atoms with Gasteiger partial charge in [0.25, 0.3) is 0 Å². The molecule has 0 spiro atoms. The molecule has 3 N–H and O–H groups in total. The largest absolute Gasteiger partial charge is 0.271 e. The lowest BCUT2D eigenvalue weighted by Gasteiger charge is -2.18. The summed E-state index contributed by atoms with van der Waals surface area (Å²) >= 11 is 0. The van der Waals surface area contributed by atoms with Crippen molar-refractivity contribution in [3.63, 3.8) is 0 Å². The quantitative estimate of drug-likeness (QED) is 0.639. The van der Waals surface area contributed by atoms with Crippen molar-refractivity contribution in [2.24, 2.45) is 5.84 Å². The summed E-state index contributed by atoms with van der Waals surface area (Å²) in [6, 6.07) is 10.5. The third-order valence-corrected chi connectivity index (χ3v) is 3.28. The second-order valence-corrected chi connectivity index (χ2v) is 4.43. The van der Waals surface area contributed by atoms with Gasteiger partial charge in [-0.1, -0.05) is 31.2 Å². The summed E-state index contributed by atoms with van der Waals surface area (Å²) in [5.41, 5.74) is 7.66. The number of nitrogens with zero attached hydrogens (tertiary/aromatic N) is 1. The Morgan fingerprint density at radius 1 is 1.22 bits per heavy atom. The maximum Gasteiger partial charge on any atom is 0.0727 e. The number of nitrogens with one attached hydrogen (secondary N) is 1. The molecule has 0 aliphatic rings. The standard InChI is InChI=1S/C15H19N3/c1-3-12-4-6-13(7-5-12)15(18-16)14-10-17-9-8-11(14)2/h4-10,15,18H,3,16H2,1-2H3. The first-order valence-electron chi connectivity index (χ1n) is 6.21. The first-order chi connectivity index (χ1) is 8.76. The van der Waals surface area contributed by atoms with Gasteiger partial charge in [-0.3, -0.25) is 10.8 Å². The summed E-state index contributed by atoms with van der Waals surface area (Å²) in [6.45, 7) is 4.22. The molecule has 0 bridgehead atoms. The van der Waals surface area contributed by atoms with Crippen LogP contribution in [0.4, 0.5) is 0 Å². The number of aromatic nitrogens is 1. The Bertz CT molecular complexity index is 505. The molecule has 18 heavy (non-hydrogen) atoms. The Hall–Kier alpha value is -1.71. The van der Waals surface area contributed by atoms with Gasteiger partial charge in [-0.15, -0.1) is 0 Å². The molecule has 0 fully saturated rings. The third kappa shape index (κ3) is 2.58. The zero-order chi connectivity index (χ0) is 13.0. The molecule has 0 aliphatic heterocycles. The summed E-state index contributed by atoms with van der Waals surface area (Å²) in [4.78, 5) is 4.18. The minimum absolute atomic E-state index is 0.00962. The maximum atomic E-state index is 5.70. The fourth-order valence-corrected chi connectivity index (χ4v) is 2.09. The summed E-state index contributed by atoms with van der Waals surface area (Å²) in [6.07, 6.45) is 4.72. The van der Waals surface area contributed by atoms with E-state index < -0.39 is 0 Å². The Morgan fingerprint density at radius 3 is 2.50 bits per heavy atom. The van der Waals surface area contributed by atoms with E-state index in [1.54, 1.807) is 6.20 Å². The Morgan fingerprint density at radius 2 is 1.94 bits per heavy atom. The zero-order valence-corrected chi connectivity index (χ0v) is 10.9. The Balaban J connectivity index is 2.36. The normalized spacial score (nSPS) is 12.4. The first kappa shape index (κ1) is 12.7. The van der Waals surface area contributed by atoms with E-state index in [0.717, 1.165) is 17.5 Å². The van der Waals surface area contributed by atoms with Gasteiger partial charge in [0, 0.05) is 12.4 Å². The van der Waals surface area contributed by atoms with Crippen LogP contribution in [0.3, 0.4) is 0 Å². The molecule has 1 atom stereocenters. The van der Waals surface area contributed by atoms with Crippen LogP contribution in [0.1, 0.15) is 35.2 Å². The fourth-order valence-electron chi connectivity index (χ4n) is 2.09. The number of hydrogen-bond acceptors (Lipinski definition) is 3. The van der Waals surface area contributed by atoms with E-state index in [1.165, 1.54) is 11.1 Å². The second kappa shape index (κ2) is 5.76. The molecule has 2 aromatic rings. The number of pyridine rings is 1. The molecule has 3 heteroatoms. The summed E-state index contributed by atoms with van der Waals surface area (Å²) in [5, 5.41) is 0. The van der Waals surface area contributed by atoms with Crippen LogP contribution in [0.5, 0.6) is 0 Å². The van der Waals surface area contributed by atoms with Crippen molar-refractivity contribution in [3.8, 4) is 0 Å². The second-order valence-electron chi connectivity index (χ2n) is 4.43. The van der Waals surface area contributed by atoms with Gasteiger partial charge < -0.3 is 0 Å². The third-order valence-electron chi connectivity index (χ3n) is 3.28. The highest BCUT2D eigenvalue weighted by molar-refractivity contribution is 5.35. The summed E-state index contributed by atoms with van der Waals surface area (Å²) in [7, 11) is 0. The molecular weight excluding hydrogens is 222 g/mol. The van der Waals surface area contributed by atoms with Gasteiger partial charge in [0.05, 0.1) is 6.04 Å². The number of nitrogens with two attached hydrogens (primary N) is 1. The molecule has 3 nitrogen and oxygen atoms in total. The lowest BCUT2D eigenvalue weighted by Crippen LogP contribution is -2.29. The lowest BCUT2D eigenvalue weighted by molar-refractivity contribution is 0.631. The molecule has 0 saturated heterocycles. The van der Waals surface area contributed by atoms with E-state index in [0.29, 0.717) is 0 Å². The molecule has 2 rings (SSSR count). The summed E-state index contributed by atoms with van der Waals surface area (Å²) in [5.74, 6) is 5.70. The van der Waals surface area contributed by atoms with Crippen molar-refractivity contribution in [1.29, 1.82) is 0 Å². The number of rotatable bonds is 4. The van der Waals surface area contributed by atoms with E-state index in [2.05, 4.69) is 48.5 Å². The maximum absolute atomic E-state index is 5.70. The summed E-state index contributed by atoms with van der Waals surface area (Å²) < 4.78 is 0. The molecule has 1 aromatic carbocycles. The average Bonchev–Trinajstić information content (AvgIpc) is 2.42. The van der Waals surface area contributed by atoms with Crippen LogP contribution in [-0.2, 0) is 6.42 Å². The van der Waals surface area contributed by atoms with Crippen LogP contribution in [0, 0.1) is 6.92 Å². The predicted octanol–water partition coefficient (Wildman–Crippen LogP) is 2.51. The minimum atomic E-state index is -0.00962. The molecule has 0 amide bonds. The van der Waals surface area contributed by atoms with Crippen molar-refractivity contribution in [2.45, 2.75) is 26.3 Å². The van der Waals surface area contributed by atoms with Crippen molar-refractivity contribution >= 4 is 0 Å². The van der Waals surface area contributed by atoms with E-state index >= 15 is 0 Å². The van der Waals surface area contributed by atoms with Gasteiger partial charge in [-0.25, -0.2) is 5.43 Å². The lowest BCUT2D eigenvalue weighted by atomic mass is 9.96. The van der Waals surface area contributed by atoms with Gasteiger partial charge in [0.15, 0.2) is 0 Å². The van der Waals surface area contributed by atoms with E-state index in [-0.39, 0.29) is 6.04 Å². The van der Waals surface area contributed by atoms with Gasteiger partial charge in [-0.2, -0.15) is 0 Å². The molecule has 0 saturated carbocycles. The monoisotopic (exact) mass is 241 g/mol. The fraction of sp³-hybridized carbons (Fsp3) is 0.267. The Kier molecular flexibility index (Phi) is 4.07. The van der Waals surface area contributed by atoms with E-state index in [9.17, 15) is 0 Å². The SMILES string of the molecule is CCc1ccc(C(NN)c2cnccc2C)cc1. The van der Waals surface area contributed by atoms with Crippen molar-refractivity contribution in [1.82, 2.24) is 10.4 Å². The molecule has 0 aliphatic carbocycles. The highest BCUT2D eigenvalue weighted by Gasteiger charge is 2.14. The molecule has 1 unspecified atom stereocenters. The van der Waals surface area contributed by atoms with Crippen LogP contribution in [0.25, 0.3) is 0 Å². The van der Waals surface area contributed by atoms with Crippen molar-refractivity contribution < 1.29 is 0 Å². The predicted molar refractivity (Wildman–Crippen MR) is 74.0 cm³/mol. The molecular formula is C15H19N3. The van der Waals surface area contributed by atoms with Gasteiger partial charge >= 0.3 is 0 Å².